The first-order valence-corrected chi connectivity index (χ1v) is 15.1. The molecule has 44 heavy (non-hydrogen) atoms. The third-order valence-corrected chi connectivity index (χ3v) is 9.56. The second-order valence-electron chi connectivity index (χ2n) is 11.7. The molecule has 0 saturated heterocycles. The van der Waals surface area contributed by atoms with Gasteiger partial charge in [-0.2, -0.15) is 0 Å². The van der Waals surface area contributed by atoms with Gasteiger partial charge in [0.25, 0.3) is 0 Å². The number of pyridine rings is 2. The van der Waals surface area contributed by atoms with E-state index in [4.69, 9.17) is 9.97 Å². The van der Waals surface area contributed by atoms with Crippen LogP contribution in [-0.4, -0.2) is 21.2 Å². The Balaban J connectivity index is 1.24. The maximum atomic E-state index is 4.86. The van der Waals surface area contributed by atoms with E-state index in [2.05, 4.69) is 126 Å². The van der Waals surface area contributed by atoms with Gasteiger partial charge in [-0.15, -0.1) is 0 Å². The molecule has 0 fully saturated rings. The Kier molecular flexibility index (Phi) is 4.80. The molecule has 0 N–H and O–H groups in total. The summed E-state index contributed by atoms with van der Waals surface area (Å²) in [6.45, 7) is 0.106. The molecule has 1 aliphatic heterocycles. The lowest BCUT2D eigenvalue weighted by Crippen LogP contribution is -2.49. The van der Waals surface area contributed by atoms with E-state index in [-0.39, 0.29) is 6.71 Å². The van der Waals surface area contributed by atoms with Gasteiger partial charge in [0.2, 0.25) is 6.71 Å². The topological polar surface area (TPSA) is 30.7 Å². The van der Waals surface area contributed by atoms with Gasteiger partial charge in [0, 0.05) is 39.6 Å². The first-order valence-electron chi connectivity index (χ1n) is 15.1. The fourth-order valence-corrected chi connectivity index (χ4v) is 7.79. The molecule has 0 amide bonds. The lowest BCUT2D eigenvalue weighted by atomic mass is 9.38. The molecule has 4 heteroatoms. The normalized spacial score (nSPS) is 12.5. The van der Waals surface area contributed by atoms with Gasteiger partial charge in [0.1, 0.15) is 0 Å². The largest absolute Gasteiger partial charge is 0.309 e. The van der Waals surface area contributed by atoms with Crippen LogP contribution in [0, 0.1) is 0 Å². The third kappa shape index (κ3) is 3.12. The number of aromatic nitrogens is 3. The van der Waals surface area contributed by atoms with Gasteiger partial charge in [-0.3, -0.25) is 9.97 Å². The molecule has 0 spiro atoms. The molecule has 10 rings (SSSR count). The van der Waals surface area contributed by atoms with Gasteiger partial charge >= 0.3 is 0 Å². The van der Waals surface area contributed by atoms with Crippen LogP contribution in [0.15, 0.2) is 146 Å². The predicted octanol–water partition coefficient (Wildman–Crippen LogP) is 7.53. The summed E-state index contributed by atoms with van der Waals surface area (Å²) >= 11 is 0. The van der Waals surface area contributed by atoms with Crippen LogP contribution in [-0.2, 0) is 0 Å². The van der Waals surface area contributed by atoms with E-state index >= 15 is 0 Å². The summed E-state index contributed by atoms with van der Waals surface area (Å²) in [6.07, 6.45) is 3.75. The van der Waals surface area contributed by atoms with Gasteiger partial charge < -0.3 is 4.57 Å². The van der Waals surface area contributed by atoms with Crippen LogP contribution in [0.5, 0.6) is 0 Å². The number of hydrogen-bond acceptors (Lipinski definition) is 2. The number of hydrogen-bond donors (Lipinski definition) is 0. The van der Waals surface area contributed by atoms with Gasteiger partial charge in [0.05, 0.1) is 22.1 Å². The molecule has 4 heterocycles. The lowest BCUT2D eigenvalue weighted by Gasteiger charge is -2.17. The van der Waals surface area contributed by atoms with Crippen molar-refractivity contribution >= 4 is 77.5 Å². The zero-order chi connectivity index (χ0) is 28.8. The molecular formula is C40H24BN3. The monoisotopic (exact) mass is 557 g/mol. The molecule has 3 nitrogen and oxygen atoms in total. The van der Waals surface area contributed by atoms with Crippen molar-refractivity contribution in [3.05, 3.63) is 146 Å². The number of benzene rings is 6. The van der Waals surface area contributed by atoms with E-state index in [1.165, 1.54) is 65.8 Å². The van der Waals surface area contributed by atoms with Crippen LogP contribution in [0.1, 0.15) is 0 Å². The highest BCUT2D eigenvalue weighted by Gasteiger charge is 2.35. The summed E-state index contributed by atoms with van der Waals surface area (Å²) in [5.41, 5.74) is 12.1. The van der Waals surface area contributed by atoms with E-state index in [0.717, 1.165) is 21.8 Å². The minimum Gasteiger partial charge on any atom is -0.309 e. The Morgan fingerprint density at radius 2 is 1.07 bits per heavy atom. The van der Waals surface area contributed by atoms with Crippen molar-refractivity contribution in [3.63, 3.8) is 0 Å². The van der Waals surface area contributed by atoms with Gasteiger partial charge in [-0.05, 0) is 58.3 Å². The second-order valence-corrected chi connectivity index (χ2v) is 11.7. The highest BCUT2D eigenvalue weighted by atomic mass is 15.0. The standard InChI is InChI=1S/C40H24BN3/c1-4-14-34-27(9-1)31-22-21-30-32-12-7-23-42-39(32)40-33(13-8-24-43-40)37(30)38(31)41(34)25-17-19-26(20-18-25)44-35-15-5-2-10-28(35)29-11-3-6-16-36(29)44/h1-24H. The lowest BCUT2D eigenvalue weighted by molar-refractivity contribution is 1.18. The molecule has 9 aromatic rings. The summed E-state index contributed by atoms with van der Waals surface area (Å²) in [5, 5.41) is 7.36. The molecule has 3 aromatic heterocycles. The van der Waals surface area contributed by atoms with Crippen LogP contribution < -0.4 is 16.4 Å². The van der Waals surface area contributed by atoms with Crippen molar-refractivity contribution in [2.24, 2.45) is 0 Å². The van der Waals surface area contributed by atoms with E-state index in [1.807, 2.05) is 24.5 Å². The summed E-state index contributed by atoms with van der Waals surface area (Å²) < 4.78 is 2.39. The van der Waals surface area contributed by atoms with Crippen molar-refractivity contribution in [2.75, 3.05) is 0 Å². The smallest absolute Gasteiger partial charge is 0.243 e. The van der Waals surface area contributed by atoms with Crippen LogP contribution >= 0.6 is 0 Å². The Labute approximate surface area is 254 Å². The van der Waals surface area contributed by atoms with E-state index < -0.39 is 0 Å². The number of rotatable bonds is 2. The summed E-state index contributed by atoms with van der Waals surface area (Å²) in [4.78, 5) is 9.64. The van der Waals surface area contributed by atoms with E-state index in [1.54, 1.807) is 0 Å². The average Bonchev–Trinajstić information content (AvgIpc) is 3.61. The van der Waals surface area contributed by atoms with Crippen LogP contribution in [0.2, 0.25) is 0 Å². The van der Waals surface area contributed by atoms with Crippen molar-refractivity contribution in [1.82, 2.24) is 14.5 Å². The van der Waals surface area contributed by atoms with Crippen molar-refractivity contribution in [1.29, 1.82) is 0 Å². The van der Waals surface area contributed by atoms with E-state index in [0.29, 0.717) is 0 Å². The van der Waals surface area contributed by atoms with Gasteiger partial charge in [-0.1, -0.05) is 113 Å². The summed E-state index contributed by atoms with van der Waals surface area (Å²) in [5.74, 6) is 0. The van der Waals surface area contributed by atoms with Crippen molar-refractivity contribution < 1.29 is 0 Å². The fraction of sp³-hybridized carbons (Fsp3) is 0. The Morgan fingerprint density at radius 3 is 1.82 bits per heavy atom. The highest BCUT2D eigenvalue weighted by molar-refractivity contribution is 7.00. The SMILES string of the molecule is c1ccc2c(c1)B(c1ccc(-n3c4ccccc4c4ccccc43)cc1)c1c-2ccc2c3cccnc3c3ncccc3c12. The number of para-hydroxylation sites is 2. The Bertz CT molecular complexity index is 2530. The molecule has 0 radical (unpaired) electrons. The van der Waals surface area contributed by atoms with Gasteiger partial charge in [-0.25, -0.2) is 0 Å². The highest BCUT2D eigenvalue weighted by Crippen LogP contribution is 2.37. The molecule has 6 aromatic carbocycles. The summed E-state index contributed by atoms with van der Waals surface area (Å²) in [6, 6.07) is 48.6. The molecule has 0 atom stereocenters. The minimum atomic E-state index is 0.106. The summed E-state index contributed by atoms with van der Waals surface area (Å²) in [7, 11) is 0. The molecule has 0 saturated carbocycles. The van der Waals surface area contributed by atoms with Crippen LogP contribution in [0.25, 0.3) is 71.2 Å². The van der Waals surface area contributed by atoms with E-state index in [9.17, 15) is 0 Å². The van der Waals surface area contributed by atoms with Crippen LogP contribution in [0.3, 0.4) is 0 Å². The Hall–Kier alpha value is -5.74. The first kappa shape index (κ1) is 23.8. The van der Waals surface area contributed by atoms with Crippen LogP contribution in [0.4, 0.5) is 0 Å². The molecule has 0 aliphatic carbocycles. The maximum Gasteiger partial charge on any atom is 0.243 e. The Morgan fingerprint density at radius 1 is 0.455 bits per heavy atom. The minimum absolute atomic E-state index is 0.106. The van der Waals surface area contributed by atoms with Gasteiger partial charge in [0.15, 0.2) is 0 Å². The predicted molar refractivity (Wildman–Crippen MR) is 185 cm³/mol. The second kappa shape index (κ2) is 8.89. The number of nitrogens with zero attached hydrogens (tertiary/aromatic N) is 3. The van der Waals surface area contributed by atoms with Crippen molar-refractivity contribution in [2.45, 2.75) is 0 Å². The average molecular weight is 557 g/mol. The molecule has 0 bridgehead atoms. The molecule has 1 aliphatic rings. The van der Waals surface area contributed by atoms with Crippen molar-refractivity contribution in [3.8, 4) is 16.8 Å². The first-order chi connectivity index (χ1) is 21.9. The fourth-order valence-electron chi connectivity index (χ4n) is 7.79. The third-order valence-electron chi connectivity index (χ3n) is 9.56. The molecule has 0 unspecified atom stereocenters. The maximum absolute atomic E-state index is 4.86. The quantitative estimate of drug-likeness (QED) is 0.163. The zero-order valence-corrected chi connectivity index (χ0v) is 23.8. The molecular weight excluding hydrogens is 533 g/mol. The molecule has 202 valence electrons. The zero-order valence-electron chi connectivity index (χ0n) is 23.8. The number of fused-ring (bicyclic) bond motifs is 13.